The Bertz CT molecular complexity index is 594. The number of amides is 3. The van der Waals surface area contributed by atoms with Crippen LogP contribution in [0.3, 0.4) is 0 Å². The lowest BCUT2D eigenvalue weighted by Crippen LogP contribution is -2.54. The number of methoxy groups -OCH3 is 1. The monoisotopic (exact) mass is 346 g/mol. The van der Waals surface area contributed by atoms with E-state index in [2.05, 4.69) is 17.0 Å². The molecule has 25 heavy (non-hydrogen) atoms. The summed E-state index contributed by atoms with van der Waals surface area (Å²) in [6, 6.07) is 6.31. The molecule has 1 aliphatic heterocycles. The van der Waals surface area contributed by atoms with Crippen molar-refractivity contribution in [3.63, 3.8) is 0 Å². The van der Waals surface area contributed by atoms with E-state index in [9.17, 15) is 14.4 Å². The summed E-state index contributed by atoms with van der Waals surface area (Å²) in [7, 11) is 1.33. The molecular formula is C19H26N2O4. The van der Waals surface area contributed by atoms with Crippen molar-refractivity contribution in [3.05, 3.63) is 35.4 Å². The summed E-state index contributed by atoms with van der Waals surface area (Å²) in [4.78, 5) is 37.2. The minimum Gasteiger partial charge on any atom is -0.465 e. The normalized spacial score (nSPS) is 17.4. The van der Waals surface area contributed by atoms with Crippen LogP contribution in [0.4, 0.5) is 4.79 Å². The van der Waals surface area contributed by atoms with E-state index >= 15 is 0 Å². The lowest BCUT2D eigenvalue weighted by molar-refractivity contribution is -0.130. The molecule has 2 rings (SSSR count). The SMILES string of the molecule is CCCCCC[C@H]1CC(=O)N(Cc2ccc(C(=O)OC)cc2)C(=O)N1. The molecule has 0 aromatic heterocycles. The second-order valence-corrected chi connectivity index (χ2v) is 6.37. The third kappa shape index (κ3) is 5.31. The summed E-state index contributed by atoms with van der Waals surface area (Å²) in [5.41, 5.74) is 1.23. The van der Waals surface area contributed by atoms with Crippen LogP contribution in [-0.4, -0.2) is 36.0 Å². The van der Waals surface area contributed by atoms with Gasteiger partial charge in [-0.1, -0.05) is 44.7 Å². The first-order valence-electron chi connectivity index (χ1n) is 8.83. The summed E-state index contributed by atoms with van der Waals surface area (Å²) in [6.07, 6.45) is 5.70. The van der Waals surface area contributed by atoms with Crippen LogP contribution >= 0.6 is 0 Å². The van der Waals surface area contributed by atoms with Gasteiger partial charge < -0.3 is 10.1 Å². The largest absolute Gasteiger partial charge is 0.465 e. The number of hydrogen-bond acceptors (Lipinski definition) is 4. The number of urea groups is 1. The third-order valence-corrected chi connectivity index (χ3v) is 4.42. The molecule has 3 amide bonds. The second-order valence-electron chi connectivity index (χ2n) is 6.37. The van der Waals surface area contributed by atoms with Crippen LogP contribution in [0.25, 0.3) is 0 Å². The molecule has 1 aromatic carbocycles. The highest BCUT2D eigenvalue weighted by atomic mass is 16.5. The van der Waals surface area contributed by atoms with Crippen molar-refractivity contribution < 1.29 is 19.1 Å². The molecule has 0 unspecified atom stereocenters. The van der Waals surface area contributed by atoms with Gasteiger partial charge in [0.05, 0.1) is 19.2 Å². The van der Waals surface area contributed by atoms with Crippen LogP contribution in [-0.2, 0) is 16.1 Å². The van der Waals surface area contributed by atoms with Crippen LogP contribution < -0.4 is 5.32 Å². The molecule has 0 radical (unpaired) electrons. The van der Waals surface area contributed by atoms with Crippen molar-refractivity contribution in [2.75, 3.05) is 7.11 Å². The minimum atomic E-state index is -0.413. The number of imide groups is 1. The lowest BCUT2D eigenvalue weighted by Gasteiger charge is -2.31. The molecule has 136 valence electrons. The maximum atomic E-state index is 12.3. The first-order valence-corrected chi connectivity index (χ1v) is 8.83. The van der Waals surface area contributed by atoms with E-state index in [4.69, 9.17) is 0 Å². The van der Waals surface area contributed by atoms with Crippen LogP contribution in [0, 0.1) is 0 Å². The molecule has 1 saturated heterocycles. The molecule has 0 aliphatic carbocycles. The van der Waals surface area contributed by atoms with Crippen molar-refractivity contribution in [2.45, 2.75) is 58.0 Å². The highest BCUT2D eigenvalue weighted by Crippen LogP contribution is 2.17. The van der Waals surface area contributed by atoms with Gasteiger partial charge in [0.25, 0.3) is 0 Å². The van der Waals surface area contributed by atoms with Gasteiger partial charge in [0, 0.05) is 12.5 Å². The fourth-order valence-electron chi connectivity index (χ4n) is 2.94. The van der Waals surface area contributed by atoms with Crippen LogP contribution in [0.2, 0.25) is 0 Å². The molecular weight excluding hydrogens is 320 g/mol. The number of nitrogens with zero attached hydrogens (tertiary/aromatic N) is 1. The van der Waals surface area contributed by atoms with E-state index in [1.54, 1.807) is 24.3 Å². The predicted molar refractivity (Wildman–Crippen MR) is 94.0 cm³/mol. The highest BCUT2D eigenvalue weighted by Gasteiger charge is 2.31. The van der Waals surface area contributed by atoms with Gasteiger partial charge in [-0.2, -0.15) is 0 Å². The van der Waals surface area contributed by atoms with Gasteiger partial charge in [0.15, 0.2) is 0 Å². The van der Waals surface area contributed by atoms with Gasteiger partial charge >= 0.3 is 12.0 Å². The number of benzene rings is 1. The molecule has 1 fully saturated rings. The zero-order valence-electron chi connectivity index (χ0n) is 14.9. The van der Waals surface area contributed by atoms with E-state index < -0.39 is 5.97 Å². The maximum absolute atomic E-state index is 12.3. The Kier molecular flexibility index (Phi) is 6.98. The van der Waals surface area contributed by atoms with Crippen molar-refractivity contribution in [2.24, 2.45) is 0 Å². The van der Waals surface area contributed by atoms with Crippen LogP contribution in [0.1, 0.15) is 61.4 Å². The van der Waals surface area contributed by atoms with Gasteiger partial charge in [-0.3, -0.25) is 9.69 Å². The van der Waals surface area contributed by atoms with E-state index in [0.29, 0.717) is 12.0 Å². The van der Waals surface area contributed by atoms with E-state index in [0.717, 1.165) is 24.8 Å². The molecule has 6 nitrogen and oxygen atoms in total. The van der Waals surface area contributed by atoms with Gasteiger partial charge in [-0.05, 0) is 24.1 Å². The lowest BCUT2D eigenvalue weighted by atomic mass is 10.0. The third-order valence-electron chi connectivity index (χ3n) is 4.42. The molecule has 1 aromatic rings. The van der Waals surface area contributed by atoms with Crippen molar-refractivity contribution in [3.8, 4) is 0 Å². The average molecular weight is 346 g/mol. The van der Waals surface area contributed by atoms with E-state index in [1.165, 1.54) is 24.9 Å². The topological polar surface area (TPSA) is 75.7 Å². The first kappa shape index (κ1) is 19.0. The Morgan fingerprint density at radius 1 is 1.20 bits per heavy atom. The Morgan fingerprint density at radius 3 is 2.52 bits per heavy atom. The summed E-state index contributed by atoms with van der Waals surface area (Å²) in [6.45, 7) is 2.36. The zero-order chi connectivity index (χ0) is 18.2. The summed E-state index contributed by atoms with van der Waals surface area (Å²) >= 11 is 0. The van der Waals surface area contributed by atoms with Gasteiger partial charge in [0.1, 0.15) is 0 Å². The molecule has 1 atom stereocenters. The molecule has 0 bridgehead atoms. The number of hydrogen-bond donors (Lipinski definition) is 1. The van der Waals surface area contributed by atoms with E-state index in [-0.39, 0.29) is 24.5 Å². The van der Waals surface area contributed by atoms with Gasteiger partial charge in [-0.25, -0.2) is 9.59 Å². The average Bonchev–Trinajstić information content (AvgIpc) is 2.61. The second kappa shape index (κ2) is 9.20. The molecule has 6 heteroatoms. The van der Waals surface area contributed by atoms with Crippen LogP contribution in [0.15, 0.2) is 24.3 Å². The summed E-state index contributed by atoms with van der Waals surface area (Å²) in [5, 5.41) is 2.92. The highest BCUT2D eigenvalue weighted by molar-refractivity contribution is 5.97. The Hall–Kier alpha value is -2.37. The molecule has 1 aliphatic rings. The summed E-state index contributed by atoms with van der Waals surface area (Å²) < 4.78 is 4.65. The first-order chi connectivity index (χ1) is 12.0. The van der Waals surface area contributed by atoms with Crippen molar-refractivity contribution in [1.29, 1.82) is 0 Å². The number of carbonyl (C=O) groups excluding carboxylic acids is 3. The van der Waals surface area contributed by atoms with Crippen molar-refractivity contribution >= 4 is 17.9 Å². The predicted octanol–water partition coefficient (Wildman–Crippen LogP) is 3.25. The zero-order valence-corrected chi connectivity index (χ0v) is 14.9. The van der Waals surface area contributed by atoms with E-state index in [1.807, 2.05) is 0 Å². The number of carbonyl (C=O) groups is 3. The van der Waals surface area contributed by atoms with Gasteiger partial charge in [-0.15, -0.1) is 0 Å². The summed E-state index contributed by atoms with van der Waals surface area (Å²) in [5.74, 6) is -0.564. The standard InChI is InChI=1S/C19H26N2O4/c1-3-4-5-6-7-16-12-17(22)21(19(24)20-16)13-14-8-10-15(11-9-14)18(23)25-2/h8-11,16H,3-7,12-13H2,1-2H3,(H,20,24)/t16-/m0/s1. The molecule has 1 heterocycles. The number of esters is 1. The quantitative estimate of drug-likeness (QED) is 0.579. The number of rotatable bonds is 8. The molecule has 0 saturated carbocycles. The smallest absolute Gasteiger partial charge is 0.337 e. The molecule has 1 N–H and O–H groups in total. The Labute approximate surface area is 148 Å². The number of ether oxygens (including phenoxy) is 1. The Balaban J connectivity index is 1.89. The van der Waals surface area contributed by atoms with Gasteiger partial charge in [0.2, 0.25) is 5.91 Å². The fourth-order valence-corrected chi connectivity index (χ4v) is 2.94. The van der Waals surface area contributed by atoms with Crippen molar-refractivity contribution in [1.82, 2.24) is 10.2 Å². The number of nitrogens with one attached hydrogen (secondary N) is 1. The maximum Gasteiger partial charge on any atom is 0.337 e. The van der Waals surface area contributed by atoms with Crippen LogP contribution in [0.5, 0.6) is 0 Å². The fraction of sp³-hybridized carbons (Fsp3) is 0.526. The molecule has 0 spiro atoms. The Morgan fingerprint density at radius 2 is 1.92 bits per heavy atom. The minimum absolute atomic E-state index is 0.0604. The number of unbranched alkanes of at least 4 members (excludes halogenated alkanes) is 3.